The van der Waals surface area contributed by atoms with Crippen molar-refractivity contribution in [3.05, 3.63) is 89.0 Å². The molecule has 0 saturated heterocycles. The highest BCUT2D eigenvalue weighted by Gasteiger charge is 2.11. The van der Waals surface area contributed by atoms with Crippen molar-refractivity contribution in [3.8, 4) is 0 Å². The third-order valence-corrected chi connectivity index (χ3v) is 4.39. The first kappa shape index (κ1) is 18.6. The number of halogens is 1. The van der Waals surface area contributed by atoms with Crippen molar-refractivity contribution in [2.24, 2.45) is 0 Å². The number of hydrogen-bond donors (Lipinski definition) is 2. The maximum Gasteiger partial charge on any atom is 0.257 e. The van der Waals surface area contributed by atoms with Crippen LogP contribution in [0.25, 0.3) is 0 Å². The van der Waals surface area contributed by atoms with E-state index in [0.717, 1.165) is 34.5 Å². The summed E-state index contributed by atoms with van der Waals surface area (Å²) in [7, 11) is 0. The van der Waals surface area contributed by atoms with Gasteiger partial charge in [-0.15, -0.1) is 0 Å². The smallest absolute Gasteiger partial charge is 0.257 e. The standard InChI is InChI=1S/C22H22FN3O/c1-3-17-6-4-5-15(2)21(17)26-22(27)18-11-20(14-24-13-18)25-12-16-7-9-19(23)10-8-16/h4-11,13-14,25H,3,12H2,1-2H3,(H,26,27). The zero-order valence-electron chi connectivity index (χ0n) is 15.4. The molecule has 0 aliphatic carbocycles. The van der Waals surface area contributed by atoms with Gasteiger partial charge in [-0.05, 0) is 48.2 Å². The molecule has 1 aromatic heterocycles. The molecule has 1 heterocycles. The summed E-state index contributed by atoms with van der Waals surface area (Å²) < 4.78 is 13.0. The molecule has 0 spiro atoms. The van der Waals surface area contributed by atoms with E-state index in [4.69, 9.17) is 0 Å². The van der Waals surface area contributed by atoms with Crippen molar-refractivity contribution in [1.29, 1.82) is 0 Å². The molecule has 2 N–H and O–H groups in total. The molecule has 4 nitrogen and oxygen atoms in total. The Labute approximate surface area is 158 Å². The van der Waals surface area contributed by atoms with Crippen LogP contribution in [0.2, 0.25) is 0 Å². The molecule has 27 heavy (non-hydrogen) atoms. The van der Waals surface area contributed by atoms with Crippen molar-refractivity contribution in [2.75, 3.05) is 10.6 Å². The van der Waals surface area contributed by atoms with E-state index in [1.807, 2.05) is 25.1 Å². The summed E-state index contributed by atoms with van der Waals surface area (Å²) in [5, 5.41) is 6.21. The van der Waals surface area contributed by atoms with Gasteiger partial charge in [0.15, 0.2) is 0 Å². The summed E-state index contributed by atoms with van der Waals surface area (Å²) in [5.74, 6) is -0.460. The number of carbonyl (C=O) groups is 1. The zero-order chi connectivity index (χ0) is 19.2. The first-order valence-corrected chi connectivity index (χ1v) is 8.90. The predicted octanol–water partition coefficient (Wildman–Crippen LogP) is 4.96. The summed E-state index contributed by atoms with van der Waals surface area (Å²) in [5.41, 5.74) is 5.13. The van der Waals surface area contributed by atoms with Crippen LogP contribution in [0.4, 0.5) is 15.8 Å². The van der Waals surface area contributed by atoms with Crippen LogP contribution in [-0.2, 0) is 13.0 Å². The van der Waals surface area contributed by atoms with Crippen molar-refractivity contribution < 1.29 is 9.18 Å². The number of para-hydroxylation sites is 1. The molecule has 0 radical (unpaired) electrons. The summed E-state index contributed by atoms with van der Waals surface area (Å²) in [6, 6.07) is 14.0. The number of amides is 1. The average molecular weight is 363 g/mol. The SMILES string of the molecule is CCc1cccc(C)c1NC(=O)c1cncc(NCc2ccc(F)cc2)c1. The van der Waals surface area contributed by atoms with E-state index in [2.05, 4.69) is 22.5 Å². The van der Waals surface area contributed by atoms with Crippen LogP contribution < -0.4 is 10.6 Å². The van der Waals surface area contributed by atoms with Gasteiger partial charge < -0.3 is 10.6 Å². The number of aryl methyl sites for hydroxylation is 2. The largest absolute Gasteiger partial charge is 0.380 e. The van der Waals surface area contributed by atoms with Crippen LogP contribution >= 0.6 is 0 Å². The number of nitrogens with one attached hydrogen (secondary N) is 2. The highest BCUT2D eigenvalue weighted by molar-refractivity contribution is 6.05. The van der Waals surface area contributed by atoms with E-state index in [0.29, 0.717) is 12.1 Å². The molecule has 0 saturated carbocycles. The second-order valence-corrected chi connectivity index (χ2v) is 6.36. The topological polar surface area (TPSA) is 54.0 Å². The minimum Gasteiger partial charge on any atom is -0.380 e. The summed E-state index contributed by atoms with van der Waals surface area (Å²) >= 11 is 0. The Morgan fingerprint density at radius 3 is 2.63 bits per heavy atom. The molecule has 0 bridgehead atoms. The number of benzene rings is 2. The second kappa shape index (κ2) is 8.45. The Kier molecular flexibility index (Phi) is 5.81. The molecule has 2 aromatic carbocycles. The van der Waals surface area contributed by atoms with Crippen LogP contribution in [0, 0.1) is 12.7 Å². The van der Waals surface area contributed by atoms with E-state index in [1.165, 1.54) is 12.1 Å². The minimum atomic E-state index is -0.262. The molecule has 5 heteroatoms. The van der Waals surface area contributed by atoms with Gasteiger partial charge in [-0.1, -0.05) is 37.3 Å². The Balaban J connectivity index is 1.71. The molecule has 0 unspecified atom stereocenters. The summed E-state index contributed by atoms with van der Waals surface area (Å²) in [4.78, 5) is 16.8. The van der Waals surface area contributed by atoms with Gasteiger partial charge in [0.1, 0.15) is 5.82 Å². The quantitative estimate of drug-likeness (QED) is 0.651. The highest BCUT2D eigenvalue weighted by atomic mass is 19.1. The monoisotopic (exact) mass is 363 g/mol. The van der Waals surface area contributed by atoms with Gasteiger partial charge in [-0.3, -0.25) is 9.78 Å². The average Bonchev–Trinajstić information content (AvgIpc) is 2.69. The van der Waals surface area contributed by atoms with Crippen molar-refractivity contribution in [2.45, 2.75) is 26.8 Å². The fourth-order valence-electron chi connectivity index (χ4n) is 2.85. The Morgan fingerprint density at radius 2 is 1.89 bits per heavy atom. The maximum atomic E-state index is 13.0. The van der Waals surface area contributed by atoms with Crippen LogP contribution in [0.5, 0.6) is 0 Å². The predicted molar refractivity (Wildman–Crippen MR) is 106 cm³/mol. The van der Waals surface area contributed by atoms with E-state index < -0.39 is 0 Å². The van der Waals surface area contributed by atoms with Crippen molar-refractivity contribution in [3.63, 3.8) is 0 Å². The Hall–Kier alpha value is -3.21. The highest BCUT2D eigenvalue weighted by Crippen LogP contribution is 2.22. The lowest BCUT2D eigenvalue weighted by molar-refractivity contribution is 0.102. The second-order valence-electron chi connectivity index (χ2n) is 6.36. The number of anilines is 2. The Bertz CT molecular complexity index is 939. The van der Waals surface area contributed by atoms with Crippen molar-refractivity contribution in [1.82, 2.24) is 4.98 Å². The van der Waals surface area contributed by atoms with Crippen molar-refractivity contribution >= 4 is 17.3 Å². The third kappa shape index (κ3) is 4.70. The van der Waals surface area contributed by atoms with Gasteiger partial charge in [-0.25, -0.2) is 4.39 Å². The molecule has 0 atom stereocenters. The number of aromatic nitrogens is 1. The van der Waals surface area contributed by atoms with Crippen LogP contribution in [0.1, 0.15) is 34.0 Å². The lowest BCUT2D eigenvalue weighted by Crippen LogP contribution is -2.15. The van der Waals surface area contributed by atoms with E-state index in [1.54, 1.807) is 30.6 Å². The first-order valence-electron chi connectivity index (χ1n) is 8.90. The molecular formula is C22H22FN3O. The van der Waals surface area contributed by atoms with Gasteiger partial charge in [0.2, 0.25) is 0 Å². The fraction of sp³-hybridized carbons (Fsp3) is 0.182. The van der Waals surface area contributed by atoms with Gasteiger partial charge in [-0.2, -0.15) is 0 Å². The first-order chi connectivity index (χ1) is 13.1. The summed E-state index contributed by atoms with van der Waals surface area (Å²) in [6.07, 6.45) is 4.04. The van der Waals surface area contributed by atoms with E-state index in [9.17, 15) is 9.18 Å². The van der Waals surface area contributed by atoms with Crippen LogP contribution in [0.15, 0.2) is 60.9 Å². The van der Waals surface area contributed by atoms with Crippen LogP contribution in [0.3, 0.4) is 0 Å². The lowest BCUT2D eigenvalue weighted by Gasteiger charge is -2.13. The molecule has 0 aliphatic heterocycles. The number of rotatable bonds is 6. The number of nitrogens with zero attached hydrogens (tertiary/aromatic N) is 1. The van der Waals surface area contributed by atoms with Crippen LogP contribution in [-0.4, -0.2) is 10.9 Å². The fourth-order valence-corrected chi connectivity index (χ4v) is 2.85. The van der Waals surface area contributed by atoms with Gasteiger partial charge >= 0.3 is 0 Å². The number of hydrogen-bond acceptors (Lipinski definition) is 3. The minimum absolute atomic E-state index is 0.197. The molecular weight excluding hydrogens is 341 g/mol. The zero-order valence-corrected chi connectivity index (χ0v) is 15.4. The molecule has 0 aliphatic rings. The molecule has 138 valence electrons. The van der Waals surface area contributed by atoms with E-state index >= 15 is 0 Å². The molecule has 1 amide bonds. The maximum absolute atomic E-state index is 13.0. The summed E-state index contributed by atoms with van der Waals surface area (Å²) in [6.45, 7) is 4.56. The van der Waals surface area contributed by atoms with E-state index in [-0.39, 0.29) is 11.7 Å². The van der Waals surface area contributed by atoms with Gasteiger partial charge in [0.25, 0.3) is 5.91 Å². The molecule has 0 fully saturated rings. The normalized spacial score (nSPS) is 10.5. The number of pyridine rings is 1. The Morgan fingerprint density at radius 1 is 1.11 bits per heavy atom. The number of carbonyl (C=O) groups excluding carboxylic acids is 1. The lowest BCUT2D eigenvalue weighted by atomic mass is 10.1. The third-order valence-electron chi connectivity index (χ3n) is 4.39. The molecule has 3 rings (SSSR count). The molecule has 3 aromatic rings. The van der Waals surface area contributed by atoms with Gasteiger partial charge in [0.05, 0.1) is 11.3 Å². The van der Waals surface area contributed by atoms with Gasteiger partial charge in [0, 0.05) is 24.6 Å².